The van der Waals surface area contributed by atoms with Crippen molar-refractivity contribution in [2.75, 3.05) is 13.1 Å². The fraction of sp³-hybridized carbons (Fsp3) is 0.471. The molecule has 1 saturated heterocycles. The highest BCUT2D eigenvalue weighted by Crippen LogP contribution is 2.27. The first-order valence-electron chi connectivity index (χ1n) is 7.43. The van der Waals surface area contributed by atoms with E-state index >= 15 is 0 Å². The molecule has 2 heterocycles. The third-order valence-electron chi connectivity index (χ3n) is 4.56. The van der Waals surface area contributed by atoms with Gasteiger partial charge in [-0.25, -0.2) is 0 Å². The number of rotatable bonds is 1. The van der Waals surface area contributed by atoms with Crippen LogP contribution in [0.5, 0.6) is 0 Å². The van der Waals surface area contributed by atoms with Crippen LogP contribution in [0.25, 0.3) is 10.9 Å². The standard InChI is InChI=1S/C17H22N2O/c1-12-7-6-10-19(11-12)17(20)16-13(2)18(3)15-9-5-4-8-14(15)16/h4-5,8-9,12H,6-7,10-11H2,1-3H3. The number of aryl methyl sites for hydroxylation is 1. The number of benzene rings is 1. The number of aromatic nitrogens is 1. The van der Waals surface area contributed by atoms with Crippen molar-refractivity contribution in [3.63, 3.8) is 0 Å². The first kappa shape index (κ1) is 13.2. The molecule has 0 N–H and O–H groups in total. The Hall–Kier alpha value is -1.77. The van der Waals surface area contributed by atoms with Gasteiger partial charge in [-0.05, 0) is 31.7 Å². The molecule has 1 unspecified atom stereocenters. The van der Waals surface area contributed by atoms with Crippen LogP contribution in [0.3, 0.4) is 0 Å². The number of hydrogen-bond donors (Lipinski definition) is 0. The number of para-hydroxylation sites is 1. The normalized spacial score (nSPS) is 19.6. The van der Waals surface area contributed by atoms with Gasteiger partial charge in [-0.2, -0.15) is 0 Å². The van der Waals surface area contributed by atoms with E-state index in [2.05, 4.69) is 23.6 Å². The molecule has 1 aliphatic rings. The Balaban J connectivity index is 2.05. The van der Waals surface area contributed by atoms with Gasteiger partial charge in [0, 0.05) is 36.7 Å². The van der Waals surface area contributed by atoms with E-state index in [4.69, 9.17) is 0 Å². The fourth-order valence-corrected chi connectivity index (χ4v) is 3.32. The van der Waals surface area contributed by atoms with Gasteiger partial charge in [-0.1, -0.05) is 25.1 Å². The molecule has 1 amide bonds. The summed E-state index contributed by atoms with van der Waals surface area (Å²) in [5.74, 6) is 0.814. The van der Waals surface area contributed by atoms with E-state index in [1.165, 1.54) is 6.42 Å². The van der Waals surface area contributed by atoms with E-state index < -0.39 is 0 Å². The maximum atomic E-state index is 12.9. The number of carbonyl (C=O) groups is 1. The number of amides is 1. The topological polar surface area (TPSA) is 25.2 Å². The van der Waals surface area contributed by atoms with Crippen LogP contribution >= 0.6 is 0 Å². The van der Waals surface area contributed by atoms with E-state index in [-0.39, 0.29) is 5.91 Å². The van der Waals surface area contributed by atoms with Crippen molar-refractivity contribution < 1.29 is 4.79 Å². The predicted octanol–water partition coefficient (Wildman–Crippen LogP) is 3.36. The molecule has 1 aromatic carbocycles. The molecule has 1 aliphatic heterocycles. The van der Waals surface area contributed by atoms with Crippen LogP contribution in [0, 0.1) is 12.8 Å². The average molecular weight is 270 g/mol. The number of likely N-dealkylation sites (tertiary alicyclic amines) is 1. The first-order chi connectivity index (χ1) is 9.59. The van der Waals surface area contributed by atoms with E-state index in [9.17, 15) is 4.79 Å². The molecule has 1 atom stereocenters. The van der Waals surface area contributed by atoms with Crippen LogP contribution in [0.15, 0.2) is 24.3 Å². The first-order valence-corrected chi connectivity index (χ1v) is 7.43. The van der Waals surface area contributed by atoms with E-state index in [0.717, 1.165) is 41.7 Å². The summed E-state index contributed by atoms with van der Waals surface area (Å²) >= 11 is 0. The smallest absolute Gasteiger partial charge is 0.256 e. The number of nitrogens with zero attached hydrogens (tertiary/aromatic N) is 2. The maximum absolute atomic E-state index is 12.9. The Morgan fingerprint density at radius 2 is 2.05 bits per heavy atom. The van der Waals surface area contributed by atoms with Crippen molar-refractivity contribution in [2.24, 2.45) is 13.0 Å². The second-order valence-corrected chi connectivity index (χ2v) is 6.04. The average Bonchev–Trinajstić information content (AvgIpc) is 2.71. The van der Waals surface area contributed by atoms with E-state index in [1.54, 1.807) is 0 Å². The number of carbonyl (C=O) groups excluding carboxylic acids is 1. The third-order valence-corrected chi connectivity index (χ3v) is 4.56. The molecule has 0 aliphatic carbocycles. The number of fused-ring (bicyclic) bond motifs is 1. The summed E-state index contributed by atoms with van der Waals surface area (Å²) in [5.41, 5.74) is 3.09. The van der Waals surface area contributed by atoms with Crippen molar-refractivity contribution in [3.8, 4) is 0 Å². The Labute approximate surface area is 120 Å². The summed E-state index contributed by atoms with van der Waals surface area (Å²) in [6.45, 7) is 6.06. The summed E-state index contributed by atoms with van der Waals surface area (Å²) in [4.78, 5) is 14.9. The van der Waals surface area contributed by atoms with Crippen LogP contribution in [0.2, 0.25) is 0 Å². The lowest BCUT2D eigenvalue weighted by molar-refractivity contribution is 0.0684. The Kier molecular flexibility index (Phi) is 3.28. The van der Waals surface area contributed by atoms with Gasteiger partial charge in [0.15, 0.2) is 0 Å². The Morgan fingerprint density at radius 3 is 2.80 bits per heavy atom. The van der Waals surface area contributed by atoms with Crippen LogP contribution in [-0.4, -0.2) is 28.5 Å². The van der Waals surface area contributed by atoms with Gasteiger partial charge in [-0.15, -0.1) is 0 Å². The van der Waals surface area contributed by atoms with Gasteiger partial charge in [0.1, 0.15) is 0 Å². The zero-order valence-corrected chi connectivity index (χ0v) is 12.5. The second-order valence-electron chi connectivity index (χ2n) is 6.04. The summed E-state index contributed by atoms with van der Waals surface area (Å²) in [6.07, 6.45) is 2.36. The van der Waals surface area contributed by atoms with E-state index in [1.807, 2.05) is 31.0 Å². The van der Waals surface area contributed by atoms with Crippen molar-refractivity contribution in [3.05, 3.63) is 35.5 Å². The minimum Gasteiger partial charge on any atom is -0.347 e. The molecule has 2 aromatic rings. The molecule has 20 heavy (non-hydrogen) atoms. The van der Waals surface area contributed by atoms with Crippen LogP contribution in [-0.2, 0) is 7.05 Å². The fourth-order valence-electron chi connectivity index (χ4n) is 3.32. The Bertz CT molecular complexity index is 656. The van der Waals surface area contributed by atoms with Crippen LogP contribution in [0.1, 0.15) is 35.8 Å². The molecule has 0 spiro atoms. The molecular formula is C17H22N2O. The van der Waals surface area contributed by atoms with Gasteiger partial charge >= 0.3 is 0 Å². The van der Waals surface area contributed by atoms with E-state index in [0.29, 0.717) is 5.92 Å². The minimum absolute atomic E-state index is 0.200. The lowest BCUT2D eigenvalue weighted by Gasteiger charge is -2.31. The zero-order chi connectivity index (χ0) is 14.3. The molecule has 0 bridgehead atoms. The summed E-state index contributed by atoms with van der Waals surface area (Å²) in [7, 11) is 2.03. The predicted molar refractivity (Wildman–Crippen MR) is 82.0 cm³/mol. The molecule has 0 radical (unpaired) electrons. The minimum atomic E-state index is 0.200. The maximum Gasteiger partial charge on any atom is 0.256 e. The van der Waals surface area contributed by atoms with Crippen LogP contribution in [0.4, 0.5) is 0 Å². The monoisotopic (exact) mass is 270 g/mol. The third kappa shape index (κ3) is 2.01. The number of piperidine rings is 1. The molecular weight excluding hydrogens is 248 g/mol. The zero-order valence-electron chi connectivity index (χ0n) is 12.5. The molecule has 1 aromatic heterocycles. The van der Waals surface area contributed by atoms with Gasteiger partial charge in [-0.3, -0.25) is 4.79 Å². The molecule has 106 valence electrons. The molecule has 3 heteroatoms. The second kappa shape index (κ2) is 4.97. The number of hydrogen-bond acceptors (Lipinski definition) is 1. The molecule has 3 rings (SSSR count). The van der Waals surface area contributed by atoms with Gasteiger partial charge < -0.3 is 9.47 Å². The molecule has 1 fully saturated rings. The summed E-state index contributed by atoms with van der Waals surface area (Å²) < 4.78 is 2.12. The highest BCUT2D eigenvalue weighted by molar-refractivity contribution is 6.08. The van der Waals surface area contributed by atoms with Crippen molar-refractivity contribution >= 4 is 16.8 Å². The lowest BCUT2D eigenvalue weighted by Crippen LogP contribution is -2.39. The van der Waals surface area contributed by atoms with Crippen LogP contribution < -0.4 is 0 Å². The summed E-state index contributed by atoms with van der Waals surface area (Å²) in [6, 6.07) is 8.18. The quantitative estimate of drug-likeness (QED) is 0.780. The van der Waals surface area contributed by atoms with Crippen molar-refractivity contribution in [1.29, 1.82) is 0 Å². The Morgan fingerprint density at radius 1 is 1.30 bits per heavy atom. The van der Waals surface area contributed by atoms with Gasteiger partial charge in [0.2, 0.25) is 0 Å². The molecule has 0 saturated carbocycles. The summed E-state index contributed by atoms with van der Waals surface area (Å²) in [5, 5.41) is 1.08. The highest BCUT2D eigenvalue weighted by Gasteiger charge is 2.26. The largest absolute Gasteiger partial charge is 0.347 e. The lowest BCUT2D eigenvalue weighted by atomic mass is 9.99. The van der Waals surface area contributed by atoms with Crippen molar-refractivity contribution in [2.45, 2.75) is 26.7 Å². The van der Waals surface area contributed by atoms with Gasteiger partial charge in [0.25, 0.3) is 5.91 Å². The molecule has 3 nitrogen and oxygen atoms in total. The van der Waals surface area contributed by atoms with Crippen molar-refractivity contribution in [1.82, 2.24) is 9.47 Å². The SMILES string of the molecule is Cc1c(C(=O)N2CCCC(C)C2)c2ccccc2n1C. The highest BCUT2D eigenvalue weighted by atomic mass is 16.2. The van der Waals surface area contributed by atoms with Gasteiger partial charge in [0.05, 0.1) is 5.56 Å².